The third-order valence-corrected chi connectivity index (χ3v) is 5.10. The van der Waals surface area contributed by atoms with Crippen molar-refractivity contribution in [1.29, 1.82) is 0 Å². The summed E-state index contributed by atoms with van der Waals surface area (Å²) in [6, 6.07) is 5.58. The minimum absolute atomic E-state index is 0.145. The van der Waals surface area contributed by atoms with Crippen molar-refractivity contribution in [2.75, 3.05) is 12.8 Å². The summed E-state index contributed by atoms with van der Waals surface area (Å²) in [6.45, 7) is 0.639. The zero-order valence-corrected chi connectivity index (χ0v) is 15.0. The topological polar surface area (TPSA) is 76.3 Å². The lowest BCUT2D eigenvalue weighted by Gasteiger charge is -2.23. The van der Waals surface area contributed by atoms with Gasteiger partial charge in [0.2, 0.25) is 0 Å². The molecule has 1 amide bonds. The highest BCUT2D eigenvalue weighted by Gasteiger charge is 2.35. The largest absolute Gasteiger partial charge is 0.327 e. The minimum Gasteiger partial charge on any atom is -0.327 e. The second-order valence-corrected chi connectivity index (χ2v) is 6.88. The molecule has 1 saturated heterocycles. The molecular weight excluding hydrogens is 360 g/mol. The first kappa shape index (κ1) is 16.3. The van der Waals surface area contributed by atoms with Crippen molar-refractivity contribution in [3.63, 3.8) is 0 Å². The molecule has 4 rings (SSSR count). The smallest absolute Gasteiger partial charge is 0.274 e. The summed E-state index contributed by atoms with van der Waals surface area (Å²) in [5.41, 5.74) is 1.00. The van der Waals surface area contributed by atoms with Gasteiger partial charge < -0.3 is 4.90 Å². The maximum atomic E-state index is 13.1. The van der Waals surface area contributed by atoms with Gasteiger partial charge in [0.1, 0.15) is 0 Å². The first-order valence-electron chi connectivity index (χ1n) is 7.86. The van der Waals surface area contributed by atoms with E-state index < -0.39 is 0 Å². The van der Waals surface area contributed by atoms with Crippen molar-refractivity contribution >= 4 is 34.9 Å². The Morgan fingerprint density at radius 2 is 2.24 bits per heavy atom. The summed E-state index contributed by atoms with van der Waals surface area (Å²) in [6.07, 6.45) is 6.98. The fourth-order valence-corrected chi connectivity index (χ4v) is 3.61. The minimum atomic E-state index is -0.196. The molecule has 1 fully saturated rings. The van der Waals surface area contributed by atoms with Crippen LogP contribution in [0.15, 0.2) is 35.7 Å². The number of halogens is 1. The van der Waals surface area contributed by atoms with Crippen LogP contribution in [-0.2, 0) is 0 Å². The lowest BCUT2D eigenvalue weighted by Crippen LogP contribution is -2.32. The lowest BCUT2D eigenvalue weighted by atomic mass is 10.2. The van der Waals surface area contributed by atoms with Gasteiger partial charge in [-0.25, -0.2) is 9.97 Å². The maximum Gasteiger partial charge on any atom is 0.274 e. The maximum absolute atomic E-state index is 13.1. The van der Waals surface area contributed by atoms with E-state index in [1.54, 1.807) is 4.90 Å². The number of nitrogens with zero attached hydrogens (tertiary/aromatic N) is 6. The van der Waals surface area contributed by atoms with Crippen LogP contribution in [0.5, 0.6) is 0 Å². The Balaban J connectivity index is 1.71. The van der Waals surface area contributed by atoms with Crippen LogP contribution < -0.4 is 0 Å². The lowest BCUT2D eigenvalue weighted by molar-refractivity contribution is 0.0722. The molecule has 0 bridgehead atoms. The molecule has 1 aliphatic heterocycles. The molecule has 3 aromatic heterocycles. The van der Waals surface area contributed by atoms with Crippen LogP contribution in [0.25, 0.3) is 5.65 Å². The molecule has 0 spiro atoms. The monoisotopic (exact) mass is 374 g/mol. The standard InChI is InChI=1S/C16H15ClN6OS/c1-25-16-18-9-10(17)13(19-16)15(24)22-8-4-5-11(22)14-21-20-12-6-2-3-7-23(12)14/h2-3,6-7,9,11H,4-5,8H2,1H3. The number of fused-ring (bicyclic) bond motifs is 1. The Morgan fingerprint density at radius 3 is 3.08 bits per heavy atom. The van der Waals surface area contributed by atoms with Crippen LogP contribution in [-0.4, -0.2) is 48.2 Å². The average molecular weight is 375 g/mol. The predicted molar refractivity (Wildman–Crippen MR) is 94.8 cm³/mol. The zero-order valence-electron chi connectivity index (χ0n) is 13.5. The van der Waals surface area contributed by atoms with E-state index in [9.17, 15) is 4.79 Å². The van der Waals surface area contributed by atoms with E-state index in [2.05, 4.69) is 20.2 Å². The van der Waals surface area contributed by atoms with Crippen molar-refractivity contribution in [1.82, 2.24) is 29.5 Å². The number of thioether (sulfide) groups is 1. The zero-order chi connectivity index (χ0) is 17.4. The highest BCUT2D eigenvalue weighted by atomic mass is 35.5. The van der Waals surface area contributed by atoms with Crippen LogP contribution in [0.3, 0.4) is 0 Å². The van der Waals surface area contributed by atoms with E-state index in [4.69, 9.17) is 11.6 Å². The van der Waals surface area contributed by atoms with Gasteiger partial charge in [-0.15, -0.1) is 10.2 Å². The Morgan fingerprint density at radius 1 is 1.36 bits per heavy atom. The molecule has 0 radical (unpaired) electrons. The number of carbonyl (C=O) groups excluding carboxylic acids is 1. The first-order valence-corrected chi connectivity index (χ1v) is 9.46. The summed E-state index contributed by atoms with van der Waals surface area (Å²) >= 11 is 7.55. The van der Waals surface area contributed by atoms with Crippen molar-refractivity contribution in [2.45, 2.75) is 24.0 Å². The third kappa shape index (κ3) is 2.85. The first-order chi connectivity index (χ1) is 12.2. The second kappa shape index (κ2) is 6.61. The molecule has 128 valence electrons. The van der Waals surface area contributed by atoms with Gasteiger partial charge in [-0.3, -0.25) is 9.20 Å². The molecule has 0 N–H and O–H groups in total. The van der Waals surface area contributed by atoms with E-state index in [-0.39, 0.29) is 22.7 Å². The Labute approximate surface area is 153 Å². The van der Waals surface area contributed by atoms with Gasteiger partial charge in [0.15, 0.2) is 22.3 Å². The van der Waals surface area contributed by atoms with E-state index in [1.807, 2.05) is 35.1 Å². The van der Waals surface area contributed by atoms with Gasteiger partial charge in [0.05, 0.1) is 17.3 Å². The molecule has 0 aromatic carbocycles. The number of rotatable bonds is 3. The Kier molecular flexibility index (Phi) is 4.30. The molecule has 0 aliphatic carbocycles. The molecule has 25 heavy (non-hydrogen) atoms. The van der Waals surface area contributed by atoms with E-state index >= 15 is 0 Å². The van der Waals surface area contributed by atoms with Crippen LogP contribution in [0.1, 0.15) is 35.2 Å². The van der Waals surface area contributed by atoms with Crippen LogP contribution in [0, 0.1) is 0 Å². The molecule has 9 heteroatoms. The number of likely N-dealkylation sites (tertiary alicyclic amines) is 1. The van der Waals surface area contributed by atoms with Gasteiger partial charge in [0, 0.05) is 12.7 Å². The Hall–Kier alpha value is -2.19. The van der Waals surface area contributed by atoms with E-state index in [0.717, 1.165) is 24.3 Å². The quantitative estimate of drug-likeness (QED) is 0.518. The number of hydrogen-bond acceptors (Lipinski definition) is 6. The number of amides is 1. The molecule has 0 saturated carbocycles. The molecule has 1 unspecified atom stereocenters. The number of carbonyl (C=O) groups is 1. The van der Waals surface area contributed by atoms with Crippen molar-refractivity contribution < 1.29 is 4.79 Å². The summed E-state index contributed by atoms with van der Waals surface area (Å²) in [5.74, 6) is 0.564. The van der Waals surface area contributed by atoms with Crippen LogP contribution in [0.4, 0.5) is 0 Å². The summed E-state index contributed by atoms with van der Waals surface area (Å²) in [4.78, 5) is 23.2. The average Bonchev–Trinajstić information content (AvgIpc) is 3.28. The highest BCUT2D eigenvalue weighted by molar-refractivity contribution is 7.98. The van der Waals surface area contributed by atoms with Crippen molar-refractivity contribution in [3.8, 4) is 0 Å². The summed E-state index contributed by atoms with van der Waals surface area (Å²) < 4.78 is 1.92. The highest BCUT2D eigenvalue weighted by Crippen LogP contribution is 2.33. The number of aromatic nitrogens is 5. The Bertz CT molecular complexity index is 945. The van der Waals surface area contributed by atoms with E-state index in [1.165, 1.54) is 18.0 Å². The normalized spacial score (nSPS) is 17.4. The van der Waals surface area contributed by atoms with Gasteiger partial charge in [-0.2, -0.15) is 0 Å². The number of pyridine rings is 1. The summed E-state index contributed by atoms with van der Waals surface area (Å²) in [7, 11) is 0. The second-order valence-electron chi connectivity index (χ2n) is 5.70. The van der Waals surface area contributed by atoms with Gasteiger partial charge in [-0.05, 0) is 31.2 Å². The van der Waals surface area contributed by atoms with E-state index in [0.29, 0.717) is 11.7 Å². The molecule has 7 nitrogen and oxygen atoms in total. The molecule has 1 aliphatic rings. The van der Waals surface area contributed by atoms with Gasteiger partial charge >= 0.3 is 0 Å². The number of hydrogen-bond donors (Lipinski definition) is 0. The SMILES string of the molecule is CSc1ncc(Cl)c(C(=O)N2CCCC2c2nnc3ccccn23)n1. The predicted octanol–water partition coefficient (Wildman–Crippen LogP) is 2.87. The van der Waals surface area contributed by atoms with Crippen LogP contribution >= 0.6 is 23.4 Å². The summed E-state index contributed by atoms with van der Waals surface area (Å²) in [5, 5.41) is 9.29. The van der Waals surface area contributed by atoms with Crippen molar-refractivity contribution in [3.05, 3.63) is 47.1 Å². The van der Waals surface area contributed by atoms with Gasteiger partial charge in [-0.1, -0.05) is 29.4 Å². The van der Waals surface area contributed by atoms with Crippen LogP contribution in [0.2, 0.25) is 5.02 Å². The fourth-order valence-electron chi connectivity index (χ4n) is 3.10. The fraction of sp³-hybridized carbons (Fsp3) is 0.312. The molecule has 4 heterocycles. The third-order valence-electron chi connectivity index (χ3n) is 4.26. The molecular formula is C16H15ClN6OS. The molecule has 1 atom stereocenters. The van der Waals surface area contributed by atoms with Crippen molar-refractivity contribution in [2.24, 2.45) is 0 Å². The van der Waals surface area contributed by atoms with Gasteiger partial charge in [0.25, 0.3) is 5.91 Å². The molecule has 3 aromatic rings.